The predicted octanol–water partition coefficient (Wildman–Crippen LogP) is 3.00. The minimum absolute atomic E-state index is 0.184. The van der Waals surface area contributed by atoms with Crippen molar-refractivity contribution in [2.75, 3.05) is 7.05 Å². The van der Waals surface area contributed by atoms with Crippen LogP contribution >= 0.6 is 0 Å². The monoisotopic (exact) mass is 270 g/mol. The van der Waals surface area contributed by atoms with Crippen LogP contribution in [0.4, 0.5) is 0 Å². The molecule has 0 unspecified atom stereocenters. The van der Waals surface area contributed by atoms with Gasteiger partial charge in [-0.3, -0.25) is 4.79 Å². The van der Waals surface area contributed by atoms with E-state index in [9.17, 15) is 4.79 Å². The molecule has 2 heterocycles. The van der Waals surface area contributed by atoms with E-state index in [0.717, 1.165) is 16.7 Å². The van der Waals surface area contributed by atoms with Gasteiger partial charge in [0, 0.05) is 12.4 Å². The van der Waals surface area contributed by atoms with Gasteiger partial charge in [-0.1, -0.05) is 18.2 Å². The highest BCUT2D eigenvalue weighted by Gasteiger charge is 2.19. The third kappa shape index (κ3) is 2.18. The number of carbonyl (C=O) groups excluding carboxylic acids is 1. The molecule has 0 atom stereocenters. The average Bonchev–Trinajstić information content (AvgIpc) is 3.03. The lowest BCUT2D eigenvalue weighted by atomic mass is 10.2. The highest BCUT2D eigenvalue weighted by molar-refractivity contribution is 5.92. The van der Waals surface area contributed by atoms with Crippen LogP contribution in [0.5, 0.6) is 0 Å². The molecule has 5 nitrogen and oxygen atoms in total. The van der Waals surface area contributed by atoms with Crippen LogP contribution in [0, 0.1) is 6.92 Å². The van der Waals surface area contributed by atoms with Crippen LogP contribution in [-0.4, -0.2) is 22.8 Å². The first kappa shape index (κ1) is 12.5. The van der Waals surface area contributed by atoms with Gasteiger partial charge in [0.05, 0.1) is 6.54 Å². The summed E-state index contributed by atoms with van der Waals surface area (Å²) >= 11 is 0. The van der Waals surface area contributed by atoms with Gasteiger partial charge in [-0.2, -0.15) is 0 Å². The van der Waals surface area contributed by atoms with E-state index < -0.39 is 0 Å². The highest BCUT2D eigenvalue weighted by Crippen LogP contribution is 2.20. The summed E-state index contributed by atoms with van der Waals surface area (Å²) in [5, 5.41) is 1.03. The summed E-state index contributed by atoms with van der Waals surface area (Å²) in [4.78, 5) is 17.7. The molecule has 0 bridgehead atoms. The van der Waals surface area contributed by atoms with Gasteiger partial charge < -0.3 is 13.7 Å². The van der Waals surface area contributed by atoms with Crippen molar-refractivity contribution in [3.8, 4) is 0 Å². The second-order valence-corrected chi connectivity index (χ2v) is 4.67. The first-order valence-corrected chi connectivity index (χ1v) is 6.28. The summed E-state index contributed by atoms with van der Waals surface area (Å²) in [5.74, 6) is 1.08. The summed E-state index contributed by atoms with van der Waals surface area (Å²) in [6.45, 7) is 2.11. The molecule has 5 heteroatoms. The molecule has 2 aromatic heterocycles. The highest BCUT2D eigenvalue weighted by atomic mass is 16.3. The van der Waals surface area contributed by atoms with Crippen molar-refractivity contribution in [1.29, 1.82) is 0 Å². The molecule has 102 valence electrons. The lowest BCUT2D eigenvalue weighted by Gasteiger charge is -2.14. The Morgan fingerprint density at radius 1 is 1.35 bits per heavy atom. The summed E-state index contributed by atoms with van der Waals surface area (Å²) in [5.41, 5.74) is 1.16. The Hall–Kier alpha value is -2.56. The molecule has 0 radical (unpaired) electrons. The van der Waals surface area contributed by atoms with Crippen LogP contribution in [0.1, 0.15) is 22.0 Å². The minimum atomic E-state index is -0.184. The van der Waals surface area contributed by atoms with Gasteiger partial charge in [0.2, 0.25) is 0 Å². The molecule has 0 saturated carbocycles. The SMILES string of the molecule is Cc1ocnc1C(=O)N(C)Cc1cc2ccccc2o1. The molecule has 20 heavy (non-hydrogen) atoms. The van der Waals surface area contributed by atoms with E-state index in [4.69, 9.17) is 8.83 Å². The zero-order chi connectivity index (χ0) is 14.1. The number of aryl methyl sites for hydroxylation is 1. The molecular formula is C15H14N2O3. The molecule has 0 aliphatic carbocycles. The number of hydrogen-bond donors (Lipinski definition) is 0. The van der Waals surface area contributed by atoms with E-state index >= 15 is 0 Å². The second-order valence-electron chi connectivity index (χ2n) is 4.67. The maximum absolute atomic E-state index is 12.2. The van der Waals surface area contributed by atoms with Crippen LogP contribution in [0.3, 0.4) is 0 Å². The van der Waals surface area contributed by atoms with E-state index in [1.54, 1.807) is 18.9 Å². The number of fused-ring (bicyclic) bond motifs is 1. The lowest BCUT2D eigenvalue weighted by Crippen LogP contribution is -2.26. The van der Waals surface area contributed by atoms with Gasteiger partial charge in [-0.25, -0.2) is 4.98 Å². The number of aromatic nitrogens is 1. The van der Waals surface area contributed by atoms with Gasteiger partial charge >= 0.3 is 0 Å². The number of oxazole rings is 1. The largest absolute Gasteiger partial charge is 0.459 e. The zero-order valence-electron chi connectivity index (χ0n) is 11.3. The maximum Gasteiger partial charge on any atom is 0.276 e. The molecule has 1 aromatic carbocycles. The van der Waals surface area contributed by atoms with Crippen LogP contribution in [0.2, 0.25) is 0 Å². The minimum Gasteiger partial charge on any atom is -0.459 e. The first-order valence-electron chi connectivity index (χ1n) is 6.28. The molecule has 0 aliphatic rings. The molecule has 0 aliphatic heterocycles. The average molecular weight is 270 g/mol. The number of rotatable bonds is 3. The Morgan fingerprint density at radius 3 is 2.85 bits per heavy atom. The molecule has 0 saturated heterocycles. The fourth-order valence-corrected chi connectivity index (χ4v) is 2.11. The van der Waals surface area contributed by atoms with Crippen LogP contribution < -0.4 is 0 Å². The second kappa shape index (κ2) is 4.85. The molecule has 1 amide bonds. The van der Waals surface area contributed by atoms with Crippen molar-refractivity contribution in [1.82, 2.24) is 9.88 Å². The van der Waals surface area contributed by atoms with E-state index in [2.05, 4.69) is 4.98 Å². The molecule has 0 fully saturated rings. The number of amides is 1. The van der Waals surface area contributed by atoms with Gasteiger partial charge in [-0.15, -0.1) is 0 Å². The van der Waals surface area contributed by atoms with E-state index in [0.29, 0.717) is 18.0 Å². The van der Waals surface area contributed by atoms with E-state index in [1.807, 2.05) is 30.3 Å². The van der Waals surface area contributed by atoms with Crippen molar-refractivity contribution in [2.45, 2.75) is 13.5 Å². The molecular weight excluding hydrogens is 256 g/mol. The van der Waals surface area contributed by atoms with Crippen molar-refractivity contribution in [2.24, 2.45) is 0 Å². The van der Waals surface area contributed by atoms with Crippen LogP contribution in [-0.2, 0) is 6.54 Å². The van der Waals surface area contributed by atoms with E-state index in [-0.39, 0.29) is 5.91 Å². The molecule has 0 spiro atoms. The van der Waals surface area contributed by atoms with Crippen LogP contribution in [0.15, 0.2) is 45.6 Å². The van der Waals surface area contributed by atoms with Crippen molar-refractivity contribution < 1.29 is 13.6 Å². The first-order chi connectivity index (χ1) is 9.65. The zero-order valence-corrected chi connectivity index (χ0v) is 11.3. The topological polar surface area (TPSA) is 59.5 Å². The van der Waals surface area contributed by atoms with Gasteiger partial charge in [-0.05, 0) is 19.1 Å². The number of carbonyl (C=O) groups is 1. The van der Waals surface area contributed by atoms with Gasteiger partial charge in [0.15, 0.2) is 12.1 Å². The number of furan rings is 1. The fourth-order valence-electron chi connectivity index (χ4n) is 2.11. The third-order valence-electron chi connectivity index (χ3n) is 3.16. The van der Waals surface area contributed by atoms with Gasteiger partial charge in [0.25, 0.3) is 5.91 Å². The predicted molar refractivity (Wildman–Crippen MR) is 73.3 cm³/mol. The van der Waals surface area contributed by atoms with Crippen molar-refractivity contribution in [3.05, 3.63) is 53.9 Å². The summed E-state index contributed by atoms with van der Waals surface area (Å²) < 4.78 is 10.8. The van der Waals surface area contributed by atoms with Crippen molar-refractivity contribution >= 4 is 16.9 Å². The number of benzene rings is 1. The van der Waals surface area contributed by atoms with Crippen LogP contribution in [0.25, 0.3) is 11.0 Å². The third-order valence-corrected chi connectivity index (χ3v) is 3.16. The number of para-hydroxylation sites is 1. The quantitative estimate of drug-likeness (QED) is 0.734. The lowest BCUT2D eigenvalue weighted by molar-refractivity contribution is 0.0769. The van der Waals surface area contributed by atoms with Gasteiger partial charge in [0.1, 0.15) is 17.1 Å². The Labute approximate surface area is 115 Å². The summed E-state index contributed by atoms with van der Waals surface area (Å²) in [7, 11) is 1.71. The Balaban J connectivity index is 1.80. The molecule has 3 rings (SSSR count). The standard InChI is InChI=1S/C15H14N2O3/c1-10-14(16-9-19-10)15(18)17(2)8-12-7-11-5-3-4-6-13(11)20-12/h3-7,9H,8H2,1-2H3. The smallest absolute Gasteiger partial charge is 0.276 e. The van der Waals surface area contributed by atoms with Crippen molar-refractivity contribution in [3.63, 3.8) is 0 Å². The number of hydrogen-bond acceptors (Lipinski definition) is 4. The summed E-state index contributed by atoms with van der Waals surface area (Å²) in [6.07, 6.45) is 1.28. The Morgan fingerprint density at radius 2 is 2.15 bits per heavy atom. The Kier molecular flexibility index (Phi) is 3.02. The molecule has 0 N–H and O–H groups in total. The molecule has 3 aromatic rings. The summed E-state index contributed by atoms with van der Waals surface area (Å²) in [6, 6.07) is 9.70. The normalized spacial score (nSPS) is 10.9. The maximum atomic E-state index is 12.2. The van der Waals surface area contributed by atoms with E-state index in [1.165, 1.54) is 6.39 Å². The fraction of sp³-hybridized carbons (Fsp3) is 0.200. The number of nitrogens with zero attached hydrogens (tertiary/aromatic N) is 2. The Bertz CT molecular complexity index is 724.